The Bertz CT molecular complexity index is 879. The van der Waals surface area contributed by atoms with Crippen molar-refractivity contribution in [3.8, 4) is 11.5 Å². The summed E-state index contributed by atoms with van der Waals surface area (Å²) in [6.07, 6.45) is 0.937. The van der Waals surface area contributed by atoms with Gasteiger partial charge in [-0.2, -0.15) is 26.7 Å². The number of hydrogen-bond donors (Lipinski definition) is 2. The van der Waals surface area contributed by atoms with Gasteiger partial charge in [-0.1, -0.05) is 30.3 Å². The minimum Gasteiger partial charge on any atom is -0.495 e. The molecule has 3 rings (SSSR count). The van der Waals surface area contributed by atoms with E-state index in [2.05, 4.69) is 20.3 Å². The summed E-state index contributed by atoms with van der Waals surface area (Å²) in [5, 5.41) is 3.14. The van der Waals surface area contributed by atoms with Gasteiger partial charge < -0.3 is 20.5 Å². The van der Waals surface area contributed by atoms with Crippen molar-refractivity contribution in [2.75, 3.05) is 30.5 Å². The number of benzene rings is 2. The van der Waals surface area contributed by atoms with Crippen LogP contribution >= 0.6 is 11.8 Å². The van der Waals surface area contributed by atoms with Crippen molar-refractivity contribution < 1.29 is 9.47 Å². The summed E-state index contributed by atoms with van der Waals surface area (Å²) >= 11 is 1.73. The fourth-order valence-electron chi connectivity index (χ4n) is 2.46. The highest BCUT2D eigenvalue weighted by molar-refractivity contribution is 7.98. The highest BCUT2D eigenvalue weighted by Gasteiger charge is 2.08. The van der Waals surface area contributed by atoms with Gasteiger partial charge in [-0.15, -0.1) is 0 Å². The van der Waals surface area contributed by atoms with Crippen LogP contribution in [0.4, 0.5) is 17.6 Å². The molecule has 3 aromatic rings. The number of nitrogen functional groups attached to an aromatic ring is 1. The van der Waals surface area contributed by atoms with Gasteiger partial charge in [0.25, 0.3) is 0 Å². The lowest BCUT2D eigenvalue weighted by Crippen LogP contribution is -2.07. The van der Waals surface area contributed by atoms with Crippen LogP contribution in [0.15, 0.2) is 54.6 Å². The Morgan fingerprint density at radius 2 is 1.79 bits per heavy atom. The van der Waals surface area contributed by atoms with Gasteiger partial charge in [-0.05, 0) is 36.4 Å². The SMILES string of the molecule is COc1ccccc1Nc1nc(N)nc(CSCCCOc2ccccc2)n1. The molecule has 3 N–H and O–H groups in total. The molecule has 28 heavy (non-hydrogen) atoms. The van der Waals surface area contributed by atoms with Crippen LogP contribution in [0.3, 0.4) is 0 Å². The highest BCUT2D eigenvalue weighted by atomic mass is 32.2. The van der Waals surface area contributed by atoms with Crippen LogP contribution in [0, 0.1) is 0 Å². The van der Waals surface area contributed by atoms with Crippen molar-refractivity contribution in [2.45, 2.75) is 12.2 Å². The fraction of sp³-hybridized carbons (Fsp3) is 0.250. The Hall–Kier alpha value is -3.00. The van der Waals surface area contributed by atoms with Crippen molar-refractivity contribution in [1.82, 2.24) is 15.0 Å². The summed E-state index contributed by atoms with van der Waals surface area (Å²) in [5.74, 6) is 4.42. The first-order valence-corrected chi connectivity index (χ1v) is 10.1. The number of ether oxygens (including phenoxy) is 2. The maximum Gasteiger partial charge on any atom is 0.232 e. The second-order valence-electron chi connectivity index (χ2n) is 5.83. The predicted molar refractivity (Wildman–Crippen MR) is 113 cm³/mol. The minimum absolute atomic E-state index is 0.190. The number of aromatic nitrogens is 3. The van der Waals surface area contributed by atoms with Gasteiger partial charge in [-0.25, -0.2) is 0 Å². The molecular formula is C20H23N5O2S. The number of thioether (sulfide) groups is 1. The summed E-state index contributed by atoms with van der Waals surface area (Å²) in [6, 6.07) is 17.4. The van der Waals surface area contributed by atoms with Crippen LogP contribution in [0.5, 0.6) is 11.5 Å². The van der Waals surface area contributed by atoms with E-state index in [9.17, 15) is 0 Å². The average molecular weight is 398 g/mol. The number of methoxy groups -OCH3 is 1. The van der Waals surface area contributed by atoms with Gasteiger partial charge in [0.15, 0.2) is 0 Å². The van der Waals surface area contributed by atoms with Crippen molar-refractivity contribution in [2.24, 2.45) is 0 Å². The molecule has 0 radical (unpaired) electrons. The van der Waals surface area contributed by atoms with Crippen LogP contribution in [-0.2, 0) is 5.75 Å². The van der Waals surface area contributed by atoms with E-state index in [0.29, 0.717) is 29.9 Å². The van der Waals surface area contributed by atoms with Crippen molar-refractivity contribution in [1.29, 1.82) is 0 Å². The number of para-hydroxylation sites is 3. The topological polar surface area (TPSA) is 95.2 Å². The smallest absolute Gasteiger partial charge is 0.232 e. The number of nitrogens with one attached hydrogen (secondary N) is 1. The van der Waals surface area contributed by atoms with Crippen LogP contribution < -0.4 is 20.5 Å². The lowest BCUT2D eigenvalue weighted by Gasteiger charge is -2.10. The summed E-state index contributed by atoms with van der Waals surface area (Å²) < 4.78 is 11.0. The number of nitrogens with zero attached hydrogens (tertiary/aromatic N) is 3. The highest BCUT2D eigenvalue weighted by Crippen LogP contribution is 2.26. The molecule has 8 heteroatoms. The Balaban J connectivity index is 1.48. The summed E-state index contributed by atoms with van der Waals surface area (Å²) in [6.45, 7) is 0.678. The third-order valence-electron chi connectivity index (χ3n) is 3.73. The van der Waals surface area contributed by atoms with E-state index in [4.69, 9.17) is 15.2 Å². The summed E-state index contributed by atoms with van der Waals surface area (Å²) in [7, 11) is 1.62. The predicted octanol–water partition coefficient (Wildman–Crippen LogP) is 3.91. The Morgan fingerprint density at radius 3 is 2.61 bits per heavy atom. The second kappa shape index (κ2) is 10.4. The normalized spacial score (nSPS) is 10.5. The standard InChI is InChI=1S/C20H23N5O2S/c1-26-17-11-6-5-10-16(17)22-20-24-18(23-19(21)25-20)14-28-13-7-12-27-15-8-3-2-4-9-15/h2-6,8-11H,7,12-14H2,1H3,(H3,21,22,23,24,25). The number of nitrogens with two attached hydrogens (primary N) is 1. The number of hydrogen-bond acceptors (Lipinski definition) is 8. The van der Waals surface area contributed by atoms with Crippen molar-refractivity contribution in [3.05, 3.63) is 60.4 Å². The fourth-order valence-corrected chi connectivity index (χ4v) is 3.24. The maximum absolute atomic E-state index is 5.84. The molecule has 0 spiro atoms. The van der Waals surface area contributed by atoms with Gasteiger partial charge in [-0.3, -0.25) is 0 Å². The largest absolute Gasteiger partial charge is 0.495 e. The molecule has 0 atom stereocenters. The molecule has 0 saturated carbocycles. The van der Waals surface area contributed by atoms with Gasteiger partial charge in [0.05, 0.1) is 25.2 Å². The zero-order valence-corrected chi connectivity index (χ0v) is 16.5. The number of anilines is 3. The molecule has 2 aromatic carbocycles. The zero-order chi connectivity index (χ0) is 19.6. The van der Waals surface area contributed by atoms with E-state index in [-0.39, 0.29) is 5.95 Å². The summed E-state index contributed by atoms with van der Waals surface area (Å²) in [4.78, 5) is 12.8. The molecule has 1 aromatic heterocycles. The third kappa shape index (κ3) is 6.02. The number of rotatable bonds is 10. The molecule has 0 aliphatic carbocycles. The van der Waals surface area contributed by atoms with Crippen molar-refractivity contribution in [3.63, 3.8) is 0 Å². The maximum atomic E-state index is 5.84. The Morgan fingerprint density at radius 1 is 1.00 bits per heavy atom. The monoisotopic (exact) mass is 397 g/mol. The molecule has 0 aliphatic rings. The van der Waals surface area contributed by atoms with E-state index in [1.165, 1.54) is 0 Å². The third-order valence-corrected chi connectivity index (χ3v) is 4.77. The van der Waals surface area contributed by atoms with Crippen LogP contribution in [0.1, 0.15) is 12.2 Å². The van der Waals surface area contributed by atoms with Crippen LogP contribution in [-0.4, -0.2) is 34.4 Å². The lowest BCUT2D eigenvalue weighted by molar-refractivity contribution is 0.318. The van der Waals surface area contributed by atoms with E-state index in [0.717, 1.165) is 23.6 Å². The molecule has 0 saturated heterocycles. The first-order chi connectivity index (χ1) is 13.7. The lowest BCUT2D eigenvalue weighted by atomic mass is 10.3. The molecule has 7 nitrogen and oxygen atoms in total. The average Bonchev–Trinajstić information content (AvgIpc) is 2.71. The van der Waals surface area contributed by atoms with Gasteiger partial charge >= 0.3 is 0 Å². The van der Waals surface area contributed by atoms with E-state index >= 15 is 0 Å². The molecule has 146 valence electrons. The second-order valence-corrected chi connectivity index (χ2v) is 6.93. The molecular weight excluding hydrogens is 374 g/mol. The minimum atomic E-state index is 0.190. The molecule has 0 unspecified atom stereocenters. The molecule has 0 aliphatic heterocycles. The first-order valence-electron chi connectivity index (χ1n) is 8.90. The Labute approximate surface area is 168 Å². The summed E-state index contributed by atoms with van der Waals surface area (Å²) in [5.41, 5.74) is 6.61. The first kappa shape index (κ1) is 19.8. The van der Waals surface area contributed by atoms with E-state index in [1.54, 1.807) is 18.9 Å². The quantitative estimate of drug-likeness (QED) is 0.497. The van der Waals surface area contributed by atoms with E-state index < -0.39 is 0 Å². The van der Waals surface area contributed by atoms with Gasteiger partial charge in [0, 0.05) is 0 Å². The van der Waals surface area contributed by atoms with Gasteiger partial charge in [0.1, 0.15) is 17.3 Å². The molecule has 0 bridgehead atoms. The van der Waals surface area contributed by atoms with E-state index in [1.807, 2.05) is 54.6 Å². The Kier molecular flexibility index (Phi) is 7.31. The van der Waals surface area contributed by atoms with Crippen LogP contribution in [0.25, 0.3) is 0 Å². The molecule has 0 amide bonds. The van der Waals surface area contributed by atoms with Gasteiger partial charge in [0.2, 0.25) is 11.9 Å². The zero-order valence-electron chi connectivity index (χ0n) is 15.7. The van der Waals surface area contributed by atoms with Crippen LogP contribution in [0.2, 0.25) is 0 Å². The molecule has 0 fully saturated rings. The van der Waals surface area contributed by atoms with Crippen molar-refractivity contribution >= 4 is 29.3 Å². The molecule has 1 heterocycles.